The lowest BCUT2D eigenvalue weighted by Gasteiger charge is -2.05. The van der Waals surface area contributed by atoms with Crippen LogP contribution in [0.25, 0.3) is 22.4 Å². The maximum Gasteiger partial charge on any atom is 0.291 e. The maximum atomic E-state index is 12.8. The quantitative estimate of drug-likeness (QED) is 0.445. The van der Waals surface area contributed by atoms with Gasteiger partial charge >= 0.3 is 0 Å². The Kier molecular flexibility index (Phi) is 5.17. The van der Waals surface area contributed by atoms with Gasteiger partial charge in [0.1, 0.15) is 12.4 Å². The summed E-state index contributed by atoms with van der Waals surface area (Å²) in [5.41, 5.74) is 1.17. The third kappa shape index (κ3) is 3.54. The molecule has 2 aromatic carbocycles. The van der Waals surface area contributed by atoms with Crippen molar-refractivity contribution in [3.8, 4) is 17.1 Å². The Balaban J connectivity index is 1.78. The number of thiazole rings is 1. The van der Waals surface area contributed by atoms with E-state index in [1.807, 2.05) is 24.3 Å². The van der Waals surface area contributed by atoms with Gasteiger partial charge in [-0.1, -0.05) is 65.4 Å². The molecule has 0 radical (unpaired) electrons. The van der Waals surface area contributed by atoms with Gasteiger partial charge in [-0.3, -0.25) is 4.79 Å². The van der Waals surface area contributed by atoms with Crippen LogP contribution >= 0.6 is 34.5 Å². The van der Waals surface area contributed by atoms with Gasteiger partial charge in [-0.05, 0) is 30.3 Å². The zero-order chi connectivity index (χ0) is 19.7. The molecule has 0 aliphatic rings. The van der Waals surface area contributed by atoms with Gasteiger partial charge < -0.3 is 4.74 Å². The van der Waals surface area contributed by atoms with Crippen molar-refractivity contribution in [2.45, 2.75) is 0 Å². The summed E-state index contributed by atoms with van der Waals surface area (Å²) in [4.78, 5) is 17.7. The molecule has 2 aromatic heterocycles. The average molecular weight is 430 g/mol. The monoisotopic (exact) mass is 429 g/mol. The summed E-state index contributed by atoms with van der Waals surface area (Å²) in [5.74, 6) is 1.06. The van der Waals surface area contributed by atoms with E-state index in [-0.39, 0.29) is 5.56 Å². The number of hydrogen-bond donors (Lipinski definition) is 0. The molecular formula is C20H13Cl2N3O2S. The van der Waals surface area contributed by atoms with Crippen LogP contribution in [0, 0.1) is 0 Å². The van der Waals surface area contributed by atoms with Crippen LogP contribution in [0.2, 0.25) is 10.0 Å². The standard InChI is InChI=1S/C20H13Cl2N3O2S/c1-2-9-27-16-6-4-3-5-12(16)10-17-19(26)25-20(28-17)23-18(24-25)14-8-7-13(21)11-15(14)22/h2-8,10-11H,1,9H2/b17-10-. The molecule has 4 rings (SSSR count). The van der Waals surface area contributed by atoms with Crippen molar-refractivity contribution in [2.24, 2.45) is 0 Å². The fourth-order valence-corrected chi connectivity index (χ4v) is 4.03. The van der Waals surface area contributed by atoms with Crippen molar-refractivity contribution in [3.63, 3.8) is 0 Å². The zero-order valence-electron chi connectivity index (χ0n) is 14.4. The van der Waals surface area contributed by atoms with Crippen molar-refractivity contribution in [1.82, 2.24) is 14.6 Å². The molecule has 140 valence electrons. The largest absolute Gasteiger partial charge is 0.489 e. The molecule has 0 bridgehead atoms. The first kappa shape index (κ1) is 18.7. The van der Waals surface area contributed by atoms with Crippen LogP contribution in [0.1, 0.15) is 5.56 Å². The number of halogens is 2. The summed E-state index contributed by atoms with van der Waals surface area (Å²) in [6, 6.07) is 12.5. The van der Waals surface area contributed by atoms with Crippen molar-refractivity contribution >= 4 is 45.6 Å². The summed E-state index contributed by atoms with van der Waals surface area (Å²) in [6.07, 6.45) is 3.44. The van der Waals surface area contributed by atoms with Crippen molar-refractivity contribution in [1.29, 1.82) is 0 Å². The second-order valence-electron chi connectivity index (χ2n) is 5.81. The van der Waals surface area contributed by atoms with E-state index < -0.39 is 0 Å². The number of fused-ring (bicyclic) bond motifs is 1. The number of nitrogens with zero attached hydrogens (tertiary/aromatic N) is 3. The van der Waals surface area contributed by atoms with E-state index in [1.165, 1.54) is 15.9 Å². The SMILES string of the molecule is C=CCOc1ccccc1/C=c1\sc2nc(-c3ccc(Cl)cc3Cl)nn2c1=O. The second-order valence-corrected chi connectivity index (χ2v) is 7.66. The highest BCUT2D eigenvalue weighted by molar-refractivity contribution is 7.15. The van der Waals surface area contributed by atoms with E-state index >= 15 is 0 Å². The predicted molar refractivity (Wildman–Crippen MR) is 114 cm³/mol. The summed E-state index contributed by atoms with van der Waals surface area (Å²) in [6.45, 7) is 4.03. The van der Waals surface area contributed by atoms with Crippen LogP contribution in [0.15, 0.2) is 59.9 Å². The Hall–Kier alpha value is -2.67. The molecule has 8 heteroatoms. The summed E-state index contributed by atoms with van der Waals surface area (Å²) >= 11 is 13.4. The smallest absolute Gasteiger partial charge is 0.291 e. The van der Waals surface area contributed by atoms with Gasteiger partial charge in [0.05, 0.1) is 9.55 Å². The van der Waals surface area contributed by atoms with Crippen LogP contribution in [0.5, 0.6) is 5.75 Å². The number of para-hydroxylation sites is 1. The Morgan fingerprint density at radius 3 is 2.79 bits per heavy atom. The summed E-state index contributed by atoms with van der Waals surface area (Å²) in [7, 11) is 0. The highest BCUT2D eigenvalue weighted by Gasteiger charge is 2.14. The number of hydrogen-bond acceptors (Lipinski definition) is 5. The Morgan fingerprint density at radius 1 is 1.21 bits per heavy atom. The average Bonchev–Trinajstić information content (AvgIpc) is 3.21. The van der Waals surface area contributed by atoms with Gasteiger partial charge in [0, 0.05) is 16.1 Å². The molecule has 2 heterocycles. The van der Waals surface area contributed by atoms with Crippen LogP contribution in [0.4, 0.5) is 0 Å². The van der Waals surface area contributed by atoms with E-state index in [1.54, 1.807) is 30.4 Å². The first-order valence-electron chi connectivity index (χ1n) is 8.26. The van der Waals surface area contributed by atoms with Crippen LogP contribution in [-0.4, -0.2) is 21.2 Å². The minimum atomic E-state index is -0.248. The van der Waals surface area contributed by atoms with Crippen molar-refractivity contribution in [2.75, 3.05) is 6.61 Å². The topological polar surface area (TPSA) is 56.5 Å². The maximum absolute atomic E-state index is 12.8. The van der Waals surface area contributed by atoms with E-state index in [0.29, 0.717) is 43.3 Å². The second kappa shape index (κ2) is 7.75. The van der Waals surface area contributed by atoms with Gasteiger partial charge in [0.15, 0.2) is 5.82 Å². The van der Waals surface area contributed by atoms with Crippen LogP contribution in [0.3, 0.4) is 0 Å². The molecule has 28 heavy (non-hydrogen) atoms. The van der Waals surface area contributed by atoms with E-state index in [2.05, 4.69) is 16.7 Å². The zero-order valence-corrected chi connectivity index (χ0v) is 16.8. The van der Waals surface area contributed by atoms with Gasteiger partial charge in [-0.15, -0.1) is 5.10 Å². The van der Waals surface area contributed by atoms with Gasteiger partial charge in [-0.25, -0.2) is 0 Å². The lowest BCUT2D eigenvalue weighted by atomic mass is 10.2. The molecule has 0 fully saturated rings. The van der Waals surface area contributed by atoms with Crippen LogP contribution < -0.4 is 14.8 Å². The van der Waals surface area contributed by atoms with Gasteiger partial charge in [0.2, 0.25) is 4.96 Å². The first-order valence-corrected chi connectivity index (χ1v) is 9.83. The highest BCUT2D eigenvalue weighted by Crippen LogP contribution is 2.28. The Morgan fingerprint density at radius 2 is 2.04 bits per heavy atom. The molecular weight excluding hydrogens is 417 g/mol. The molecule has 0 atom stereocenters. The van der Waals surface area contributed by atoms with Crippen LogP contribution in [-0.2, 0) is 0 Å². The number of ether oxygens (including phenoxy) is 1. The number of benzene rings is 2. The van der Waals surface area contributed by atoms with Gasteiger partial charge in [0.25, 0.3) is 5.56 Å². The fourth-order valence-electron chi connectivity index (χ4n) is 2.64. The molecule has 4 aromatic rings. The summed E-state index contributed by atoms with van der Waals surface area (Å²) < 4.78 is 7.44. The lowest BCUT2D eigenvalue weighted by Crippen LogP contribution is -2.23. The lowest BCUT2D eigenvalue weighted by molar-refractivity contribution is 0.362. The summed E-state index contributed by atoms with van der Waals surface area (Å²) in [5, 5.41) is 5.27. The molecule has 0 amide bonds. The normalized spacial score (nSPS) is 11.9. The molecule has 0 aliphatic heterocycles. The first-order chi connectivity index (χ1) is 13.6. The predicted octanol–water partition coefficient (Wildman–Crippen LogP) is 4.24. The van der Waals surface area contributed by atoms with Crippen molar-refractivity contribution in [3.05, 3.63) is 85.6 Å². The van der Waals surface area contributed by atoms with E-state index in [4.69, 9.17) is 27.9 Å². The molecule has 0 saturated heterocycles. The minimum absolute atomic E-state index is 0.248. The van der Waals surface area contributed by atoms with E-state index in [9.17, 15) is 4.79 Å². The molecule has 0 unspecified atom stereocenters. The minimum Gasteiger partial charge on any atom is -0.489 e. The van der Waals surface area contributed by atoms with E-state index in [0.717, 1.165) is 5.56 Å². The Labute approximate surface area is 174 Å². The number of rotatable bonds is 5. The molecule has 0 aliphatic carbocycles. The molecule has 0 saturated carbocycles. The highest BCUT2D eigenvalue weighted by atomic mass is 35.5. The number of aromatic nitrogens is 3. The van der Waals surface area contributed by atoms with Gasteiger partial charge in [-0.2, -0.15) is 9.50 Å². The third-order valence-electron chi connectivity index (χ3n) is 3.92. The third-order valence-corrected chi connectivity index (χ3v) is 5.42. The van der Waals surface area contributed by atoms with Crippen molar-refractivity contribution < 1.29 is 4.74 Å². The molecule has 0 spiro atoms. The molecule has 0 N–H and O–H groups in total. The fraction of sp³-hybridized carbons (Fsp3) is 0.0500. The molecule has 5 nitrogen and oxygen atoms in total. The Bertz CT molecular complexity index is 1300.